The summed E-state index contributed by atoms with van der Waals surface area (Å²) in [6.07, 6.45) is 0. The monoisotopic (exact) mass is 402 g/mol. The van der Waals surface area contributed by atoms with Crippen molar-refractivity contribution in [3.63, 3.8) is 0 Å². The molecule has 30 heavy (non-hydrogen) atoms. The maximum atomic E-state index is 12.5. The summed E-state index contributed by atoms with van der Waals surface area (Å²) in [6.45, 7) is 1.92. The van der Waals surface area contributed by atoms with Gasteiger partial charge in [-0.3, -0.25) is 9.59 Å². The van der Waals surface area contributed by atoms with Crippen molar-refractivity contribution in [3.05, 3.63) is 101 Å². The number of carbonyl (C=O) groups is 3. The smallest absolute Gasteiger partial charge is 0.337 e. The second-order valence-electron chi connectivity index (χ2n) is 6.71. The largest absolute Gasteiger partial charge is 0.465 e. The van der Waals surface area contributed by atoms with Gasteiger partial charge in [-0.25, -0.2) is 4.79 Å². The van der Waals surface area contributed by atoms with Gasteiger partial charge in [-0.1, -0.05) is 36.4 Å². The van der Waals surface area contributed by atoms with Crippen LogP contribution in [0.25, 0.3) is 0 Å². The van der Waals surface area contributed by atoms with Crippen molar-refractivity contribution in [3.8, 4) is 0 Å². The Balaban J connectivity index is 1.63. The predicted octanol–water partition coefficient (Wildman–Crippen LogP) is 4.22. The van der Waals surface area contributed by atoms with E-state index in [-0.39, 0.29) is 17.9 Å². The van der Waals surface area contributed by atoms with Crippen LogP contribution in [-0.4, -0.2) is 24.9 Å². The number of ether oxygens (including phenoxy) is 1. The van der Waals surface area contributed by atoms with Crippen molar-refractivity contribution in [2.75, 3.05) is 12.4 Å². The van der Waals surface area contributed by atoms with Gasteiger partial charge in [-0.15, -0.1) is 0 Å². The van der Waals surface area contributed by atoms with Crippen LogP contribution >= 0.6 is 0 Å². The van der Waals surface area contributed by atoms with Gasteiger partial charge in [0.15, 0.2) is 0 Å². The Kier molecular flexibility index (Phi) is 6.60. The number of hydrogen-bond donors (Lipinski definition) is 2. The molecule has 1 unspecified atom stereocenters. The van der Waals surface area contributed by atoms with Crippen LogP contribution in [-0.2, 0) is 4.74 Å². The molecule has 0 bridgehead atoms. The van der Waals surface area contributed by atoms with Crippen molar-refractivity contribution >= 4 is 23.5 Å². The van der Waals surface area contributed by atoms with E-state index in [2.05, 4.69) is 15.4 Å². The van der Waals surface area contributed by atoms with E-state index in [1.807, 2.05) is 37.3 Å². The Hall–Kier alpha value is -3.93. The lowest BCUT2D eigenvalue weighted by Gasteiger charge is -2.14. The van der Waals surface area contributed by atoms with Crippen molar-refractivity contribution in [2.45, 2.75) is 13.0 Å². The maximum Gasteiger partial charge on any atom is 0.337 e. The third-order valence-electron chi connectivity index (χ3n) is 4.60. The molecule has 0 aliphatic heterocycles. The van der Waals surface area contributed by atoms with Crippen LogP contribution < -0.4 is 10.6 Å². The summed E-state index contributed by atoms with van der Waals surface area (Å²) in [7, 11) is 1.29. The molecule has 6 heteroatoms. The van der Waals surface area contributed by atoms with E-state index in [9.17, 15) is 14.4 Å². The van der Waals surface area contributed by atoms with Crippen molar-refractivity contribution in [1.82, 2.24) is 5.32 Å². The van der Waals surface area contributed by atoms with Gasteiger partial charge in [0.05, 0.1) is 18.7 Å². The molecule has 0 heterocycles. The molecular formula is C24H22N2O4. The van der Waals surface area contributed by atoms with E-state index < -0.39 is 5.97 Å². The highest BCUT2D eigenvalue weighted by atomic mass is 16.5. The summed E-state index contributed by atoms with van der Waals surface area (Å²) in [5, 5.41) is 5.70. The number of carbonyl (C=O) groups excluding carboxylic acids is 3. The molecule has 2 amide bonds. The molecule has 6 nitrogen and oxygen atoms in total. The minimum Gasteiger partial charge on any atom is -0.465 e. The van der Waals surface area contributed by atoms with Gasteiger partial charge < -0.3 is 15.4 Å². The summed E-state index contributed by atoms with van der Waals surface area (Å²) in [5.41, 5.74) is 2.67. The molecule has 0 radical (unpaired) electrons. The number of esters is 1. The first kappa shape index (κ1) is 20.8. The molecule has 3 rings (SSSR count). The minimum atomic E-state index is -0.509. The molecule has 0 saturated carbocycles. The Morgan fingerprint density at radius 2 is 1.43 bits per heavy atom. The van der Waals surface area contributed by atoms with E-state index in [1.165, 1.54) is 13.2 Å². The van der Waals surface area contributed by atoms with E-state index in [0.717, 1.165) is 5.56 Å². The Morgan fingerprint density at radius 1 is 0.767 bits per heavy atom. The topological polar surface area (TPSA) is 84.5 Å². The first-order valence-electron chi connectivity index (χ1n) is 9.43. The van der Waals surface area contributed by atoms with Crippen LogP contribution in [0.5, 0.6) is 0 Å². The quantitative estimate of drug-likeness (QED) is 0.605. The van der Waals surface area contributed by atoms with Gasteiger partial charge in [-0.2, -0.15) is 0 Å². The lowest BCUT2D eigenvalue weighted by Crippen LogP contribution is -2.26. The summed E-state index contributed by atoms with van der Waals surface area (Å²) in [6, 6.07) is 22.4. The van der Waals surface area contributed by atoms with E-state index in [4.69, 9.17) is 0 Å². The third-order valence-corrected chi connectivity index (χ3v) is 4.60. The molecule has 3 aromatic rings. The highest BCUT2D eigenvalue weighted by Crippen LogP contribution is 2.15. The summed E-state index contributed by atoms with van der Waals surface area (Å²) < 4.78 is 4.67. The standard InChI is InChI=1S/C24H22N2O4/c1-16(17-7-4-3-5-8-17)25-22(27)18-11-13-21(14-12-18)26-23(28)19-9-6-10-20(15-19)24(29)30-2/h3-16H,1-2H3,(H,25,27)(H,26,28). The molecule has 2 N–H and O–H groups in total. The predicted molar refractivity (Wildman–Crippen MR) is 114 cm³/mol. The average Bonchev–Trinajstić information content (AvgIpc) is 2.79. The van der Waals surface area contributed by atoms with Gasteiger partial charge in [0.1, 0.15) is 0 Å². The molecule has 152 valence electrons. The number of hydrogen-bond acceptors (Lipinski definition) is 4. The SMILES string of the molecule is COC(=O)c1cccc(C(=O)Nc2ccc(C(=O)NC(C)c3ccccc3)cc2)c1. The fraction of sp³-hybridized carbons (Fsp3) is 0.125. The zero-order valence-electron chi connectivity index (χ0n) is 16.7. The number of benzene rings is 3. The Morgan fingerprint density at radius 3 is 2.10 bits per heavy atom. The summed E-state index contributed by atoms with van der Waals surface area (Å²) in [4.78, 5) is 36.5. The molecule has 0 aromatic heterocycles. The molecule has 0 fully saturated rings. The van der Waals surface area contributed by atoms with Crippen molar-refractivity contribution in [2.24, 2.45) is 0 Å². The van der Waals surface area contributed by atoms with E-state index in [1.54, 1.807) is 42.5 Å². The van der Waals surface area contributed by atoms with Crippen LogP contribution in [0.3, 0.4) is 0 Å². The second-order valence-corrected chi connectivity index (χ2v) is 6.71. The van der Waals surface area contributed by atoms with Gasteiger partial charge in [-0.05, 0) is 55.0 Å². The molecule has 0 spiro atoms. The normalized spacial score (nSPS) is 11.3. The number of methoxy groups -OCH3 is 1. The highest BCUT2D eigenvalue weighted by molar-refractivity contribution is 6.06. The second kappa shape index (κ2) is 9.52. The summed E-state index contributed by atoms with van der Waals surface area (Å²) >= 11 is 0. The molecule has 0 aliphatic rings. The van der Waals surface area contributed by atoms with Crippen molar-refractivity contribution in [1.29, 1.82) is 0 Å². The number of anilines is 1. The van der Waals surface area contributed by atoms with Crippen LogP contribution in [0.2, 0.25) is 0 Å². The number of nitrogens with one attached hydrogen (secondary N) is 2. The molecule has 0 aliphatic carbocycles. The Labute approximate surface area is 174 Å². The first-order chi connectivity index (χ1) is 14.5. The van der Waals surface area contributed by atoms with E-state index >= 15 is 0 Å². The van der Waals surface area contributed by atoms with Crippen LogP contribution in [0.15, 0.2) is 78.9 Å². The van der Waals surface area contributed by atoms with Crippen molar-refractivity contribution < 1.29 is 19.1 Å². The average molecular weight is 402 g/mol. The number of rotatable bonds is 6. The van der Waals surface area contributed by atoms with Gasteiger partial charge in [0.25, 0.3) is 11.8 Å². The lowest BCUT2D eigenvalue weighted by atomic mass is 10.1. The fourth-order valence-electron chi connectivity index (χ4n) is 2.92. The maximum absolute atomic E-state index is 12.5. The molecule has 1 atom stereocenters. The zero-order valence-corrected chi connectivity index (χ0v) is 16.7. The minimum absolute atomic E-state index is 0.125. The van der Waals surface area contributed by atoms with Crippen LogP contribution in [0.4, 0.5) is 5.69 Å². The lowest BCUT2D eigenvalue weighted by molar-refractivity contribution is 0.0600. The first-order valence-corrected chi connectivity index (χ1v) is 9.43. The highest BCUT2D eigenvalue weighted by Gasteiger charge is 2.13. The third kappa shape index (κ3) is 5.11. The molecule has 0 saturated heterocycles. The summed E-state index contributed by atoms with van der Waals surface area (Å²) in [5.74, 6) is -1.07. The van der Waals surface area contributed by atoms with Gasteiger partial charge in [0, 0.05) is 16.8 Å². The van der Waals surface area contributed by atoms with Crippen LogP contribution in [0.1, 0.15) is 49.6 Å². The zero-order chi connectivity index (χ0) is 21.5. The van der Waals surface area contributed by atoms with Crippen LogP contribution in [0, 0.1) is 0 Å². The Bertz CT molecular complexity index is 1050. The van der Waals surface area contributed by atoms with Gasteiger partial charge in [0.2, 0.25) is 0 Å². The van der Waals surface area contributed by atoms with E-state index in [0.29, 0.717) is 22.4 Å². The molecular weight excluding hydrogens is 380 g/mol. The number of amides is 2. The fourth-order valence-corrected chi connectivity index (χ4v) is 2.92. The molecule has 3 aromatic carbocycles. The van der Waals surface area contributed by atoms with Gasteiger partial charge >= 0.3 is 5.97 Å².